The van der Waals surface area contributed by atoms with Gasteiger partial charge in [-0.05, 0) is 12.1 Å². The van der Waals surface area contributed by atoms with Crippen molar-refractivity contribution < 1.29 is 9.90 Å². The first-order valence-electron chi connectivity index (χ1n) is 3.68. The Balaban J connectivity index is 2.92. The van der Waals surface area contributed by atoms with Crippen LogP contribution in [0, 0.1) is 11.3 Å². The number of carboxylic acid groups (broad SMARTS) is 1. The second-order valence-corrected chi connectivity index (χ2v) is 3.83. The number of nitriles is 1. The molecule has 3 nitrogen and oxygen atoms in total. The lowest BCUT2D eigenvalue weighted by molar-refractivity contribution is -0.133. The molecule has 14 heavy (non-hydrogen) atoms. The minimum Gasteiger partial charge on any atom is -0.481 e. The zero-order valence-electron chi connectivity index (χ0n) is 7.03. The van der Waals surface area contributed by atoms with Crippen molar-refractivity contribution >= 4 is 29.3 Å². The lowest BCUT2D eigenvalue weighted by atomic mass is 10.2. The molecule has 0 aliphatic carbocycles. The average Bonchev–Trinajstić information content (AvgIpc) is 2.14. The molecule has 72 valence electrons. The number of hydrogen-bond donors (Lipinski definition) is 1. The summed E-state index contributed by atoms with van der Waals surface area (Å²) in [5.74, 6) is -0.992. The van der Waals surface area contributed by atoms with E-state index in [9.17, 15) is 4.79 Å². The number of hydrogen-bond acceptors (Lipinski definition) is 3. The fraction of sp³-hybridized carbons (Fsp3) is 0.111. The number of carboxylic acids is 1. The molecule has 0 spiro atoms. The molecule has 0 amide bonds. The first-order chi connectivity index (χ1) is 6.65. The van der Waals surface area contributed by atoms with Crippen molar-refractivity contribution in [3.05, 3.63) is 28.8 Å². The van der Waals surface area contributed by atoms with E-state index in [2.05, 4.69) is 0 Å². The highest BCUT2D eigenvalue weighted by Crippen LogP contribution is 2.27. The van der Waals surface area contributed by atoms with Gasteiger partial charge in [-0.2, -0.15) is 5.26 Å². The molecule has 1 rings (SSSR count). The summed E-state index contributed by atoms with van der Waals surface area (Å²) >= 11 is 6.85. The minimum absolute atomic E-state index is 0.0744. The van der Waals surface area contributed by atoms with E-state index in [1.807, 2.05) is 6.07 Å². The second kappa shape index (κ2) is 4.89. The van der Waals surface area contributed by atoms with Gasteiger partial charge in [0, 0.05) is 4.90 Å². The van der Waals surface area contributed by atoms with Crippen LogP contribution in [0.4, 0.5) is 0 Å². The summed E-state index contributed by atoms with van der Waals surface area (Å²) in [4.78, 5) is 10.9. The third-order valence-electron chi connectivity index (χ3n) is 1.44. The van der Waals surface area contributed by atoms with E-state index in [0.717, 1.165) is 11.8 Å². The van der Waals surface area contributed by atoms with Crippen molar-refractivity contribution in [1.29, 1.82) is 5.26 Å². The van der Waals surface area contributed by atoms with Crippen LogP contribution in [-0.4, -0.2) is 16.8 Å². The Bertz CT molecular complexity index is 400. The maximum absolute atomic E-state index is 10.3. The molecule has 0 radical (unpaired) electrons. The molecule has 0 saturated carbocycles. The quantitative estimate of drug-likeness (QED) is 0.806. The predicted octanol–water partition coefficient (Wildman–Crippen LogP) is 2.39. The maximum atomic E-state index is 10.3. The van der Waals surface area contributed by atoms with Gasteiger partial charge in [0.15, 0.2) is 0 Å². The van der Waals surface area contributed by atoms with Crippen LogP contribution in [0.25, 0.3) is 0 Å². The Kier molecular flexibility index (Phi) is 3.81. The number of benzene rings is 1. The molecule has 0 unspecified atom stereocenters. The summed E-state index contributed by atoms with van der Waals surface area (Å²) in [6, 6.07) is 6.91. The average molecular weight is 228 g/mol. The Hall–Kier alpha value is -1.18. The predicted molar refractivity (Wildman–Crippen MR) is 54.5 cm³/mol. The Morgan fingerprint density at radius 1 is 1.64 bits per heavy atom. The normalized spacial score (nSPS) is 9.43. The first kappa shape index (κ1) is 10.9. The van der Waals surface area contributed by atoms with Crippen LogP contribution in [0.2, 0.25) is 5.02 Å². The molecule has 0 aromatic heterocycles. The van der Waals surface area contributed by atoms with Crippen LogP contribution in [0.5, 0.6) is 0 Å². The topological polar surface area (TPSA) is 61.1 Å². The van der Waals surface area contributed by atoms with Crippen LogP contribution in [-0.2, 0) is 4.79 Å². The van der Waals surface area contributed by atoms with Gasteiger partial charge in [-0.15, -0.1) is 11.8 Å². The molecule has 0 atom stereocenters. The van der Waals surface area contributed by atoms with Crippen LogP contribution in [0.3, 0.4) is 0 Å². The Labute approximate surface area is 90.3 Å². The molecule has 0 bridgehead atoms. The van der Waals surface area contributed by atoms with Crippen molar-refractivity contribution in [1.82, 2.24) is 0 Å². The van der Waals surface area contributed by atoms with Gasteiger partial charge in [0.25, 0.3) is 0 Å². The van der Waals surface area contributed by atoms with E-state index in [1.54, 1.807) is 18.2 Å². The highest BCUT2D eigenvalue weighted by Gasteiger charge is 2.08. The zero-order valence-corrected chi connectivity index (χ0v) is 8.60. The molecule has 5 heteroatoms. The van der Waals surface area contributed by atoms with Crippen molar-refractivity contribution in [2.45, 2.75) is 4.90 Å². The Morgan fingerprint density at radius 2 is 2.36 bits per heavy atom. The zero-order chi connectivity index (χ0) is 10.6. The van der Waals surface area contributed by atoms with Gasteiger partial charge in [0.2, 0.25) is 0 Å². The summed E-state index contributed by atoms with van der Waals surface area (Å²) in [6.45, 7) is 0. The molecule has 0 fully saturated rings. The Morgan fingerprint density at radius 3 is 2.93 bits per heavy atom. The SMILES string of the molecule is N#Cc1c(Cl)cccc1SCC(=O)O. The summed E-state index contributed by atoms with van der Waals surface area (Å²) in [5.41, 5.74) is 0.334. The van der Waals surface area contributed by atoms with E-state index < -0.39 is 5.97 Å². The fourth-order valence-electron chi connectivity index (χ4n) is 0.873. The van der Waals surface area contributed by atoms with Crippen LogP contribution in [0.1, 0.15) is 5.56 Å². The molecule has 0 heterocycles. The highest BCUT2D eigenvalue weighted by molar-refractivity contribution is 8.00. The summed E-state index contributed by atoms with van der Waals surface area (Å²) in [7, 11) is 0. The van der Waals surface area contributed by atoms with Gasteiger partial charge >= 0.3 is 5.97 Å². The van der Waals surface area contributed by atoms with Crippen molar-refractivity contribution in [3.63, 3.8) is 0 Å². The third kappa shape index (κ3) is 2.66. The molecule has 1 N–H and O–H groups in total. The molecule has 0 aliphatic rings. The van der Waals surface area contributed by atoms with E-state index >= 15 is 0 Å². The minimum atomic E-state index is -0.918. The van der Waals surface area contributed by atoms with Crippen molar-refractivity contribution in [2.24, 2.45) is 0 Å². The van der Waals surface area contributed by atoms with E-state index in [-0.39, 0.29) is 5.75 Å². The van der Waals surface area contributed by atoms with Crippen molar-refractivity contribution in [3.8, 4) is 6.07 Å². The van der Waals surface area contributed by atoms with Crippen molar-refractivity contribution in [2.75, 3.05) is 5.75 Å². The maximum Gasteiger partial charge on any atom is 0.313 e. The van der Waals surface area contributed by atoms with Gasteiger partial charge in [-0.25, -0.2) is 0 Å². The third-order valence-corrected chi connectivity index (χ3v) is 2.80. The molecule has 0 saturated heterocycles. The molecular weight excluding hydrogens is 222 g/mol. The molecule has 1 aromatic rings. The van der Waals surface area contributed by atoms with Gasteiger partial charge in [-0.3, -0.25) is 4.79 Å². The largest absolute Gasteiger partial charge is 0.481 e. The number of rotatable bonds is 3. The van der Waals surface area contributed by atoms with E-state index in [4.69, 9.17) is 22.0 Å². The number of thioether (sulfide) groups is 1. The van der Waals surface area contributed by atoms with Crippen LogP contribution >= 0.6 is 23.4 Å². The molecule has 0 aliphatic heterocycles. The van der Waals surface area contributed by atoms with Gasteiger partial charge in [0.05, 0.1) is 16.3 Å². The molecular formula is C9H6ClNO2S. The fourth-order valence-corrected chi connectivity index (χ4v) is 1.90. The van der Waals surface area contributed by atoms with Gasteiger partial charge < -0.3 is 5.11 Å². The monoisotopic (exact) mass is 227 g/mol. The lowest BCUT2D eigenvalue weighted by Crippen LogP contribution is -1.98. The second-order valence-electron chi connectivity index (χ2n) is 2.41. The summed E-state index contributed by atoms with van der Waals surface area (Å²) < 4.78 is 0. The van der Waals surface area contributed by atoms with Crippen LogP contribution < -0.4 is 0 Å². The summed E-state index contributed by atoms with van der Waals surface area (Å²) in [5, 5.41) is 17.6. The highest BCUT2D eigenvalue weighted by atomic mass is 35.5. The molecule has 1 aromatic carbocycles. The van der Waals surface area contributed by atoms with Crippen LogP contribution in [0.15, 0.2) is 23.1 Å². The lowest BCUT2D eigenvalue weighted by Gasteiger charge is -2.02. The number of aliphatic carboxylic acids is 1. The number of nitrogens with zero attached hydrogens (tertiary/aromatic N) is 1. The van der Waals surface area contributed by atoms with E-state index in [1.165, 1.54) is 0 Å². The smallest absolute Gasteiger partial charge is 0.313 e. The van der Waals surface area contributed by atoms with E-state index in [0.29, 0.717) is 15.5 Å². The van der Waals surface area contributed by atoms with Gasteiger partial charge in [0.1, 0.15) is 6.07 Å². The standard InChI is InChI=1S/C9H6ClNO2S/c10-7-2-1-3-8(6(7)4-11)14-5-9(12)13/h1-3H,5H2,(H,12,13). The number of carbonyl (C=O) groups is 1. The summed E-state index contributed by atoms with van der Waals surface area (Å²) in [6.07, 6.45) is 0. The number of halogens is 1. The first-order valence-corrected chi connectivity index (χ1v) is 5.04. The van der Waals surface area contributed by atoms with Gasteiger partial charge in [-0.1, -0.05) is 17.7 Å².